The van der Waals surface area contributed by atoms with Gasteiger partial charge >= 0.3 is 0 Å². The molecule has 0 aromatic heterocycles. The van der Waals surface area contributed by atoms with E-state index < -0.39 is 6.04 Å². The van der Waals surface area contributed by atoms with Crippen LogP contribution in [0.1, 0.15) is 80.3 Å². The van der Waals surface area contributed by atoms with E-state index in [-0.39, 0.29) is 23.3 Å². The molecule has 4 bridgehead atoms. The molecule has 0 radical (unpaired) electrons. The number of fused-ring (bicyclic) bond motifs is 16. The highest BCUT2D eigenvalue weighted by atomic mass is 16.2. The van der Waals surface area contributed by atoms with Gasteiger partial charge in [0.25, 0.3) is 5.91 Å². The summed E-state index contributed by atoms with van der Waals surface area (Å²) in [5.74, 6) is -0.258. The molecule has 0 fully saturated rings. The number of anilines is 1. The quantitative estimate of drug-likeness (QED) is 0.315. The summed E-state index contributed by atoms with van der Waals surface area (Å²) in [5, 5.41) is 9.72. The van der Waals surface area contributed by atoms with Crippen LogP contribution in [0.15, 0.2) is 72.8 Å². The number of hydrogen-bond acceptors (Lipinski definition) is 4. The number of aryl methyl sites for hydroxylation is 1. The van der Waals surface area contributed by atoms with Crippen LogP contribution in [0.5, 0.6) is 0 Å². The fourth-order valence-corrected chi connectivity index (χ4v) is 6.13. The van der Waals surface area contributed by atoms with Crippen LogP contribution in [0.3, 0.4) is 0 Å². The predicted molar refractivity (Wildman–Crippen MR) is 172 cm³/mol. The van der Waals surface area contributed by atoms with Gasteiger partial charge in [-0.3, -0.25) is 14.4 Å². The van der Waals surface area contributed by atoms with E-state index >= 15 is 0 Å². The Bertz CT molecular complexity index is 1430. The zero-order valence-electron chi connectivity index (χ0n) is 25.5. The molecule has 3 aromatic rings. The third kappa shape index (κ3) is 7.90. The van der Waals surface area contributed by atoms with Crippen molar-refractivity contribution < 1.29 is 14.4 Å². The van der Waals surface area contributed by atoms with E-state index in [2.05, 4.69) is 22.0 Å². The van der Waals surface area contributed by atoms with Crippen molar-refractivity contribution in [2.75, 3.05) is 18.0 Å². The van der Waals surface area contributed by atoms with E-state index in [0.717, 1.165) is 66.6 Å². The first-order valence-electron chi connectivity index (χ1n) is 15.7. The monoisotopic (exact) mass is 580 g/mol. The molecule has 1 atom stereocenters. The molecule has 0 saturated heterocycles. The van der Waals surface area contributed by atoms with Crippen LogP contribution in [-0.2, 0) is 22.6 Å². The molecule has 0 saturated carbocycles. The number of benzene rings is 3. The molecule has 3 aromatic carbocycles. The minimum atomic E-state index is -0.592. The number of hydrogen-bond donors (Lipinski definition) is 3. The molecule has 3 aliphatic heterocycles. The van der Waals surface area contributed by atoms with Crippen molar-refractivity contribution in [2.45, 2.75) is 83.3 Å². The summed E-state index contributed by atoms with van der Waals surface area (Å²) in [6, 6.07) is 23.2. The lowest BCUT2D eigenvalue weighted by molar-refractivity contribution is -0.128. The van der Waals surface area contributed by atoms with Gasteiger partial charge in [-0.1, -0.05) is 79.9 Å². The normalized spacial score (nSPS) is 20.6. The van der Waals surface area contributed by atoms with E-state index in [1.165, 1.54) is 0 Å². The van der Waals surface area contributed by atoms with Crippen LogP contribution in [-0.4, -0.2) is 42.4 Å². The Labute approximate surface area is 255 Å². The number of carbonyl (C=O) groups excluding carboxylic acids is 3. The molecule has 0 unspecified atom stereocenters. The molecule has 43 heavy (non-hydrogen) atoms. The molecule has 7 nitrogen and oxygen atoms in total. The first-order valence-corrected chi connectivity index (χ1v) is 15.7. The second-order valence-corrected chi connectivity index (χ2v) is 12.5. The van der Waals surface area contributed by atoms with Gasteiger partial charge in [0.2, 0.25) is 11.8 Å². The highest BCUT2D eigenvalue weighted by Gasteiger charge is 2.32. The fraction of sp³-hybridized carbons (Fsp3) is 0.417. The van der Waals surface area contributed by atoms with E-state index in [4.69, 9.17) is 0 Å². The number of para-hydroxylation sites is 1. The summed E-state index contributed by atoms with van der Waals surface area (Å²) >= 11 is 0. The van der Waals surface area contributed by atoms with Crippen molar-refractivity contribution in [3.05, 3.63) is 89.5 Å². The number of nitrogens with one attached hydrogen (secondary N) is 3. The summed E-state index contributed by atoms with van der Waals surface area (Å²) < 4.78 is 0. The number of amides is 3. The van der Waals surface area contributed by atoms with Crippen molar-refractivity contribution in [1.29, 1.82) is 0 Å². The van der Waals surface area contributed by atoms with Crippen LogP contribution in [0.2, 0.25) is 0 Å². The first kappa shape index (κ1) is 30.5. The number of rotatable bonds is 0. The van der Waals surface area contributed by atoms with Gasteiger partial charge in [0.1, 0.15) is 6.04 Å². The van der Waals surface area contributed by atoms with E-state index in [9.17, 15) is 14.4 Å². The third-order valence-electron chi connectivity index (χ3n) is 8.51. The van der Waals surface area contributed by atoms with Crippen LogP contribution < -0.4 is 20.9 Å². The van der Waals surface area contributed by atoms with Gasteiger partial charge in [-0.15, -0.1) is 0 Å². The third-order valence-corrected chi connectivity index (χ3v) is 8.51. The maximum absolute atomic E-state index is 14.0. The Balaban J connectivity index is 1.43. The van der Waals surface area contributed by atoms with Gasteiger partial charge in [0, 0.05) is 29.8 Å². The Morgan fingerprint density at radius 3 is 2.23 bits per heavy atom. The SMILES string of the molecule is CC1(C)CC(=O)N[C@@H]2CCc3ccccc3N(Cc3ccc(cc3)-c3ccccc3C(=O)NCCCCCCCN1)C2=O. The second kappa shape index (κ2) is 14.0. The molecule has 6 rings (SSSR count). The zero-order valence-corrected chi connectivity index (χ0v) is 25.5. The Morgan fingerprint density at radius 1 is 0.767 bits per heavy atom. The second-order valence-electron chi connectivity index (χ2n) is 12.5. The standard InChI is InChI=1S/C36H44N4O3/c1-36(2)24-33(41)39-31-21-20-28-12-6-9-15-32(28)40(35(31)43)25-26-16-18-27(19-17-26)29-13-7-8-14-30(29)34(42)37-22-10-4-3-5-11-23-38-36/h6-9,12-19,31,38H,3-5,10-11,20-25H2,1-2H3,(H,37,42)(H,39,41)/t31-/m1/s1. The van der Waals surface area contributed by atoms with Gasteiger partial charge in [0.15, 0.2) is 0 Å². The van der Waals surface area contributed by atoms with Gasteiger partial charge in [-0.25, -0.2) is 0 Å². The fourth-order valence-electron chi connectivity index (χ4n) is 6.13. The Hall–Kier alpha value is -3.97. The molecule has 3 heterocycles. The van der Waals surface area contributed by atoms with Gasteiger partial charge in [-0.05, 0) is 80.5 Å². The molecular formula is C36H44N4O3. The molecule has 3 aliphatic rings. The van der Waals surface area contributed by atoms with Crippen LogP contribution in [0.4, 0.5) is 5.69 Å². The average Bonchev–Trinajstić information content (AvgIpc) is 3.12. The smallest absolute Gasteiger partial charge is 0.251 e. The topological polar surface area (TPSA) is 90.5 Å². The maximum atomic E-state index is 14.0. The largest absolute Gasteiger partial charge is 0.352 e. The number of nitrogens with zero attached hydrogens (tertiary/aromatic N) is 1. The average molecular weight is 581 g/mol. The minimum Gasteiger partial charge on any atom is -0.352 e. The zero-order chi connectivity index (χ0) is 30.2. The summed E-state index contributed by atoms with van der Waals surface area (Å²) in [6.45, 7) is 5.95. The van der Waals surface area contributed by atoms with Crippen molar-refractivity contribution in [3.8, 4) is 11.1 Å². The van der Waals surface area contributed by atoms with Crippen molar-refractivity contribution in [3.63, 3.8) is 0 Å². The summed E-state index contributed by atoms with van der Waals surface area (Å²) in [5.41, 5.74) is 5.08. The van der Waals surface area contributed by atoms with Crippen LogP contribution in [0.25, 0.3) is 11.1 Å². The predicted octanol–water partition coefficient (Wildman–Crippen LogP) is 5.77. The highest BCUT2D eigenvalue weighted by Crippen LogP contribution is 2.30. The summed E-state index contributed by atoms with van der Waals surface area (Å²) in [6.07, 6.45) is 6.79. The summed E-state index contributed by atoms with van der Waals surface area (Å²) in [4.78, 5) is 42.1. The van der Waals surface area contributed by atoms with E-state index in [1.54, 1.807) is 0 Å². The first-order chi connectivity index (χ1) is 20.8. The van der Waals surface area contributed by atoms with Crippen molar-refractivity contribution in [1.82, 2.24) is 16.0 Å². The van der Waals surface area contributed by atoms with Crippen LogP contribution >= 0.6 is 0 Å². The maximum Gasteiger partial charge on any atom is 0.251 e. The van der Waals surface area contributed by atoms with Gasteiger partial charge in [-0.2, -0.15) is 0 Å². The molecular weight excluding hydrogens is 536 g/mol. The Kier molecular flexibility index (Phi) is 9.93. The molecule has 0 aliphatic carbocycles. The Morgan fingerprint density at radius 2 is 1.44 bits per heavy atom. The van der Waals surface area contributed by atoms with Crippen molar-refractivity contribution >= 4 is 23.4 Å². The van der Waals surface area contributed by atoms with Crippen LogP contribution in [0, 0.1) is 0 Å². The molecule has 0 spiro atoms. The van der Waals surface area contributed by atoms with Crippen molar-refractivity contribution in [2.24, 2.45) is 0 Å². The van der Waals surface area contributed by atoms with E-state index in [1.807, 2.05) is 85.5 Å². The van der Waals surface area contributed by atoms with Gasteiger partial charge < -0.3 is 20.9 Å². The lowest BCUT2D eigenvalue weighted by atomic mass is 9.98. The lowest BCUT2D eigenvalue weighted by Gasteiger charge is -2.29. The molecule has 3 N–H and O–H groups in total. The molecule has 226 valence electrons. The highest BCUT2D eigenvalue weighted by molar-refractivity contribution is 6.01. The lowest BCUT2D eigenvalue weighted by Crippen LogP contribution is -2.50. The summed E-state index contributed by atoms with van der Waals surface area (Å²) in [7, 11) is 0. The van der Waals surface area contributed by atoms with E-state index in [0.29, 0.717) is 37.9 Å². The molecule has 3 amide bonds. The number of carbonyl (C=O) groups is 3. The molecule has 7 heteroatoms. The van der Waals surface area contributed by atoms with Gasteiger partial charge in [0.05, 0.1) is 6.54 Å². The minimum absolute atomic E-state index is 0.0552.